The summed E-state index contributed by atoms with van der Waals surface area (Å²) >= 11 is 0. The fraction of sp³-hybridized carbons (Fsp3) is 0.467. The normalized spacial score (nSPS) is 17.3. The summed E-state index contributed by atoms with van der Waals surface area (Å²) < 4.78 is 10.4. The number of carbonyl (C=O) groups is 2. The maximum absolute atomic E-state index is 12.0. The molecule has 1 aromatic carbocycles. The van der Waals surface area contributed by atoms with E-state index in [1.807, 2.05) is 0 Å². The first-order valence-electron chi connectivity index (χ1n) is 6.90. The van der Waals surface area contributed by atoms with Crippen molar-refractivity contribution in [3.8, 4) is 5.75 Å². The molecule has 0 aromatic heterocycles. The van der Waals surface area contributed by atoms with Crippen LogP contribution in [0.2, 0.25) is 0 Å². The van der Waals surface area contributed by atoms with Gasteiger partial charge in [-0.3, -0.25) is 9.59 Å². The van der Waals surface area contributed by atoms with Crippen LogP contribution in [0.5, 0.6) is 5.75 Å². The molecule has 21 heavy (non-hydrogen) atoms. The van der Waals surface area contributed by atoms with E-state index in [0.717, 1.165) is 12.8 Å². The zero-order valence-corrected chi connectivity index (χ0v) is 12.3. The van der Waals surface area contributed by atoms with Crippen molar-refractivity contribution in [3.05, 3.63) is 24.3 Å². The summed E-state index contributed by atoms with van der Waals surface area (Å²) in [6.07, 6.45) is 1.21. The van der Waals surface area contributed by atoms with Crippen molar-refractivity contribution in [1.29, 1.82) is 0 Å². The summed E-state index contributed by atoms with van der Waals surface area (Å²) in [5.74, 6) is 0.266. The number of ether oxygens (including phenoxy) is 2. The van der Waals surface area contributed by atoms with E-state index >= 15 is 0 Å². The van der Waals surface area contributed by atoms with Crippen LogP contribution in [0.4, 0.5) is 5.69 Å². The monoisotopic (exact) mass is 292 g/mol. The van der Waals surface area contributed by atoms with Gasteiger partial charge >= 0.3 is 0 Å². The van der Waals surface area contributed by atoms with Crippen molar-refractivity contribution in [2.45, 2.75) is 18.9 Å². The number of likely N-dealkylation sites (N-methyl/N-ethyl adjacent to an activating group) is 1. The number of hydrogen-bond donors (Lipinski definition) is 1. The van der Waals surface area contributed by atoms with Crippen LogP contribution < -0.4 is 10.1 Å². The molecule has 1 aromatic rings. The van der Waals surface area contributed by atoms with E-state index in [1.165, 1.54) is 4.90 Å². The van der Waals surface area contributed by atoms with Gasteiger partial charge in [-0.05, 0) is 25.0 Å². The lowest BCUT2D eigenvalue weighted by molar-refractivity contribution is -0.141. The second kappa shape index (κ2) is 7.08. The Labute approximate surface area is 124 Å². The second-order valence-electron chi connectivity index (χ2n) is 4.98. The molecular formula is C15H20N2O4. The maximum atomic E-state index is 12.0. The van der Waals surface area contributed by atoms with Gasteiger partial charge in [0, 0.05) is 25.4 Å². The number of nitrogens with zero attached hydrogens (tertiary/aromatic N) is 1. The van der Waals surface area contributed by atoms with Crippen molar-refractivity contribution in [2.75, 3.05) is 32.6 Å². The van der Waals surface area contributed by atoms with Crippen LogP contribution in [0.15, 0.2) is 24.3 Å². The molecule has 2 amide bonds. The van der Waals surface area contributed by atoms with Crippen LogP contribution in [-0.4, -0.2) is 50.1 Å². The van der Waals surface area contributed by atoms with Crippen molar-refractivity contribution in [1.82, 2.24) is 4.90 Å². The average Bonchev–Trinajstić information content (AvgIpc) is 3.00. The van der Waals surface area contributed by atoms with Crippen LogP contribution in [0, 0.1) is 0 Å². The molecule has 0 unspecified atom stereocenters. The summed E-state index contributed by atoms with van der Waals surface area (Å²) in [5.41, 5.74) is 0.636. The van der Waals surface area contributed by atoms with Crippen LogP contribution in [-0.2, 0) is 14.3 Å². The SMILES string of the molecule is COc1cccc(NC(=O)CN(C)C(=O)[C@H]2CCCO2)c1. The lowest BCUT2D eigenvalue weighted by Crippen LogP contribution is -2.40. The molecule has 1 saturated heterocycles. The highest BCUT2D eigenvalue weighted by Crippen LogP contribution is 2.17. The molecule has 6 heteroatoms. The number of amides is 2. The molecule has 1 fully saturated rings. The number of rotatable bonds is 5. The van der Waals surface area contributed by atoms with Gasteiger partial charge < -0.3 is 19.7 Å². The summed E-state index contributed by atoms with van der Waals surface area (Å²) in [6.45, 7) is 0.607. The number of benzene rings is 1. The Morgan fingerprint density at radius 3 is 2.95 bits per heavy atom. The van der Waals surface area contributed by atoms with Gasteiger partial charge in [-0.2, -0.15) is 0 Å². The van der Waals surface area contributed by atoms with Crippen molar-refractivity contribution in [2.24, 2.45) is 0 Å². The van der Waals surface area contributed by atoms with E-state index in [9.17, 15) is 9.59 Å². The van der Waals surface area contributed by atoms with Gasteiger partial charge in [0.2, 0.25) is 5.91 Å². The Balaban J connectivity index is 1.87. The van der Waals surface area contributed by atoms with Crippen LogP contribution in [0.1, 0.15) is 12.8 Å². The van der Waals surface area contributed by atoms with E-state index in [4.69, 9.17) is 9.47 Å². The molecule has 6 nitrogen and oxygen atoms in total. The summed E-state index contributed by atoms with van der Waals surface area (Å²) in [6, 6.07) is 7.07. The van der Waals surface area contributed by atoms with Gasteiger partial charge in [0.1, 0.15) is 11.9 Å². The fourth-order valence-corrected chi connectivity index (χ4v) is 2.21. The molecule has 1 aliphatic heterocycles. The van der Waals surface area contributed by atoms with Gasteiger partial charge in [-0.25, -0.2) is 0 Å². The second-order valence-corrected chi connectivity index (χ2v) is 4.98. The van der Waals surface area contributed by atoms with Crippen LogP contribution in [0.3, 0.4) is 0 Å². The van der Waals surface area contributed by atoms with Crippen molar-refractivity contribution >= 4 is 17.5 Å². The Morgan fingerprint density at radius 2 is 2.29 bits per heavy atom. The predicted molar refractivity (Wildman–Crippen MR) is 78.2 cm³/mol. The third kappa shape index (κ3) is 4.19. The van der Waals surface area contributed by atoms with E-state index in [2.05, 4.69) is 5.32 Å². The molecule has 0 bridgehead atoms. The number of anilines is 1. The van der Waals surface area contributed by atoms with E-state index < -0.39 is 6.10 Å². The van der Waals surface area contributed by atoms with E-state index in [-0.39, 0.29) is 18.4 Å². The number of methoxy groups -OCH3 is 1. The molecule has 2 rings (SSSR count). The molecule has 0 spiro atoms. The molecule has 1 atom stereocenters. The topological polar surface area (TPSA) is 67.9 Å². The molecule has 0 radical (unpaired) electrons. The van der Waals surface area contributed by atoms with Gasteiger partial charge in [0.05, 0.1) is 13.7 Å². The lowest BCUT2D eigenvalue weighted by atomic mass is 10.2. The minimum atomic E-state index is -0.403. The minimum absolute atomic E-state index is 0.00406. The highest BCUT2D eigenvalue weighted by Gasteiger charge is 2.27. The minimum Gasteiger partial charge on any atom is -0.497 e. The number of hydrogen-bond acceptors (Lipinski definition) is 4. The van der Waals surface area contributed by atoms with Crippen molar-refractivity contribution < 1.29 is 19.1 Å². The standard InChI is InChI=1S/C15H20N2O4/c1-17(15(19)13-7-4-8-21-13)10-14(18)16-11-5-3-6-12(9-11)20-2/h3,5-6,9,13H,4,7-8,10H2,1-2H3,(H,16,18)/t13-/m1/s1. The van der Waals surface area contributed by atoms with E-state index in [0.29, 0.717) is 18.0 Å². The van der Waals surface area contributed by atoms with Crippen LogP contribution >= 0.6 is 0 Å². The Hall–Kier alpha value is -2.08. The molecule has 1 aliphatic rings. The van der Waals surface area contributed by atoms with E-state index in [1.54, 1.807) is 38.4 Å². The maximum Gasteiger partial charge on any atom is 0.251 e. The van der Waals surface area contributed by atoms with Crippen molar-refractivity contribution in [3.63, 3.8) is 0 Å². The Bertz CT molecular complexity index is 512. The highest BCUT2D eigenvalue weighted by atomic mass is 16.5. The molecule has 0 aliphatic carbocycles. The van der Waals surface area contributed by atoms with Gasteiger partial charge in [-0.1, -0.05) is 6.07 Å². The smallest absolute Gasteiger partial charge is 0.251 e. The summed E-state index contributed by atoms with van der Waals surface area (Å²) in [7, 11) is 3.17. The first kappa shape index (κ1) is 15.3. The Morgan fingerprint density at radius 1 is 1.48 bits per heavy atom. The zero-order valence-electron chi connectivity index (χ0n) is 12.3. The van der Waals surface area contributed by atoms with Gasteiger partial charge in [-0.15, -0.1) is 0 Å². The third-order valence-electron chi connectivity index (χ3n) is 3.32. The average molecular weight is 292 g/mol. The largest absolute Gasteiger partial charge is 0.497 e. The molecule has 0 saturated carbocycles. The molecule has 1 heterocycles. The number of nitrogens with one attached hydrogen (secondary N) is 1. The lowest BCUT2D eigenvalue weighted by Gasteiger charge is -2.20. The zero-order chi connectivity index (χ0) is 15.2. The quantitative estimate of drug-likeness (QED) is 0.887. The molecule has 1 N–H and O–H groups in total. The number of carbonyl (C=O) groups excluding carboxylic acids is 2. The first-order valence-corrected chi connectivity index (χ1v) is 6.90. The summed E-state index contributed by atoms with van der Waals surface area (Å²) in [4.78, 5) is 25.4. The predicted octanol–water partition coefficient (Wildman–Crippen LogP) is 1.27. The fourth-order valence-electron chi connectivity index (χ4n) is 2.21. The molecular weight excluding hydrogens is 272 g/mol. The summed E-state index contributed by atoms with van der Waals surface area (Å²) in [5, 5.41) is 2.74. The van der Waals surface area contributed by atoms with Crippen LogP contribution in [0.25, 0.3) is 0 Å². The van der Waals surface area contributed by atoms with Gasteiger partial charge in [0.15, 0.2) is 0 Å². The Kier molecular flexibility index (Phi) is 5.16. The first-order chi connectivity index (χ1) is 10.1. The molecule has 114 valence electrons. The van der Waals surface area contributed by atoms with Gasteiger partial charge in [0.25, 0.3) is 5.91 Å². The third-order valence-corrected chi connectivity index (χ3v) is 3.32. The highest BCUT2D eigenvalue weighted by molar-refractivity contribution is 5.95.